The molecule has 4 nitrogen and oxygen atoms in total. The Hall–Kier alpha value is -0.910. The van der Waals surface area contributed by atoms with Crippen LogP contribution in [0.3, 0.4) is 0 Å². The van der Waals surface area contributed by atoms with Gasteiger partial charge in [-0.15, -0.1) is 11.3 Å². The van der Waals surface area contributed by atoms with E-state index in [4.69, 9.17) is 4.74 Å². The van der Waals surface area contributed by atoms with E-state index in [1.165, 1.54) is 23.4 Å². The summed E-state index contributed by atoms with van der Waals surface area (Å²) >= 11 is 1.76. The summed E-state index contributed by atoms with van der Waals surface area (Å²) in [4.78, 5) is 7.04. The number of thiazole rings is 1. The Morgan fingerprint density at radius 1 is 1.42 bits per heavy atom. The van der Waals surface area contributed by atoms with Crippen molar-refractivity contribution in [3.8, 4) is 0 Å². The first-order valence-corrected chi connectivity index (χ1v) is 7.78. The molecule has 1 N–H and O–H groups in total. The highest BCUT2D eigenvalue weighted by atomic mass is 32.1. The van der Waals surface area contributed by atoms with Gasteiger partial charge in [0.1, 0.15) is 0 Å². The van der Waals surface area contributed by atoms with E-state index in [0.717, 1.165) is 42.9 Å². The first-order chi connectivity index (χ1) is 9.24. The van der Waals surface area contributed by atoms with Crippen LogP contribution in [0, 0.1) is 19.8 Å². The predicted molar refractivity (Wildman–Crippen MR) is 77.8 cm³/mol. The Kier molecular flexibility index (Phi) is 3.86. The van der Waals surface area contributed by atoms with Crippen molar-refractivity contribution in [2.75, 3.05) is 19.8 Å². The Morgan fingerprint density at radius 3 is 3.00 bits per heavy atom. The second kappa shape index (κ2) is 5.61. The van der Waals surface area contributed by atoms with Gasteiger partial charge in [-0.2, -0.15) is 0 Å². The zero-order chi connectivity index (χ0) is 13.2. The molecule has 2 aromatic heterocycles. The molecule has 0 aliphatic carbocycles. The fourth-order valence-corrected chi connectivity index (χ4v) is 3.56. The summed E-state index contributed by atoms with van der Waals surface area (Å²) in [6.07, 6.45) is 4.56. The lowest BCUT2D eigenvalue weighted by Gasteiger charge is -2.22. The first-order valence-electron chi connectivity index (χ1n) is 6.96. The molecular formula is C14H21N3OS. The van der Waals surface area contributed by atoms with Crippen molar-refractivity contribution in [2.45, 2.75) is 33.2 Å². The lowest BCUT2D eigenvalue weighted by atomic mass is 10.0. The van der Waals surface area contributed by atoms with Crippen LogP contribution in [-0.2, 0) is 11.3 Å². The number of nitrogens with zero attached hydrogens (tertiary/aromatic N) is 2. The van der Waals surface area contributed by atoms with Gasteiger partial charge in [0.05, 0.1) is 11.4 Å². The minimum atomic E-state index is 0.765. The molecular weight excluding hydrogens is 258 g/mol. The Balaban J connectivity index is 1.62. The largest absolute Gasteiger partial charge is 0.381 e. The number of nitrogens with one attached hydrogen (secondary N) is 1. The zero-order valence-electron chi connectivity index (χ0n) is 11.6. The number of imidazole rings is 1. The molecule has 1 saturated heterocycles. The van der Waals surface area contributed by atoms with Crippen molar-refractivity contribution in [3.63, 3.8) is 0 Å². The lowest BCUT2D eigenvalue weighted by Crippen LogP contribution is -2.27. The Bertz CT molecular complexity index is 554. The maximum absolute atomic E-state index is 5.39. The standard InChI is InChI=1S/C14H21N3OS/c1-10-9-17-13(11(2)16-14(17)19-10)8-15-7-12-3-5-18-6-4-12/h9,12,15H,3-8H2,1-2H3. The maximum Gasteiger partial charge on any atom is 0.194 e. The predicted octanol–water partition coefficient (Wildman–Crippen LogP) is 2.53. The molecule has 0 amide bonds. The zero-order valence-corrected chi connectivity index (χ0v) is 12.4. The monoisotopic (exact) mass is 279 g/mol. The molecule has 0 bridgehead atoms. The molecule has 2 aromatic rings. The van der Waals surface area contributed by atoms with Gasteiger partial charge in [0, 0.05) is 30.8 Å². The third-order valence-electron chi connectivity index (χ3n) is 3.81. The van der Waals surface area contributed by atoms with Gasteiger partial charge in [0.25, 0.3) is 0 Å². The molecule has 104 valence electrons. The van der Waals surface area contributed by atoms with Crippen LogP contribution in [-0.4, -0.2) is 29.1 Å². The van der Waals surface area contributed by atoms with Gasteiger partial charge < -0.3 is 10.1 Å². The third kappa shape index (κ3) is 2.83. The summed E-state index contributed by atoms with van der Waals surface area (Å²) in [5, 5.41) is 3.59. The van der Waals surface area contributed by atoms with Crippen molar-refractivity contribution in [2.24, 2.45) is 5.92 Å². The van der Waals surface area contributed by atoms with Crippen LogP contribution in [0.25, 0.3) is 4.96 Å². The van der Waals surface area contributed by atoms with E-state index < -0.39 is 0 Å². The number of hydrogen-bond donors (Lipinski definition) is 1. The quantitative estimate of drug-likeness (QED) is 0.934. The fourth-order valence-electron chi connectivity index (χ4n) is 2.67. The van der Waals surface area contributed by atoms with Gasteiger partial charge in [-0.25, -0.2) is 4.98 Å². The smallest absolute Gasteiger partial charge is 0.194 e. The SMILES string of the molecule is Cc1cn2c(CNCC3CCOCC3)c(C)nc2s1. The molecule has 0 saturated carbocycles. The fraction of sp³-hybridized carbons (Fsp3) is 0.643. The molecule has 0 atom stereocenters. The van der Waals surface area contributed by atoms with E-state index in [0.29, 0.717) is 0 Å². The van der Waals surface area contributed by atoms with E-state index in [2.05, 4.69) is 34.7 Å². The third-order valence-corrected chi connectivity index (χ3v) is 4.71. The summed E-state index contributed by atoms with van der Waals surface area (Å²) in [5.74, 6) is 0.765. The minimum absolute atomic E-state index is 0.765. The van der Waals surface area contributed by atoms with Crippen LogP contribution in [0.4, 0.5) is 0 Å². The second-order valence-corrected chi connectivity index (χ2v) is 6.54. The highest BCUT2D eigenvalue weighted by Gasteiger charge is 2.15. The van der Waals surface area contributed by atoms with Crippen LogP contribution in [0.2, 0.25) is 0 Å². The van der Waals surface area contributed by atoms with Crippen LogP contribution in [0.15, 0.2) is 6.20 Å². The minimum Gasteiger partial charge on any atom is -0.381 e. The maximum atomic E-state index is 5.39. The first kappa shape index (κ1) is 13.1. The molecule has 5 heteroatoms. The van der Waals surface area contributed by atoms with Gasteiger partial charge in [0.2, 0.25) is 0 Å². The van der Waals surface area contributed by atoms with Crippen LogP contribution in [0.1, 0.15) is 29.1 Å². The summed E-state index contributed by atoms with van der Waals surface area (Å²) < 4.78 is 7.62. The van der Waals surface area contributed by atoms with E-state index in [1.54, 1.807) is 11.3 Å². The van der Waals surface area contributed by atoms with Gasteiger partial charge in [0.15, 0.2) is 4.96 Å². The lowest BCUT2D eigenvalue weighted by molar-refractivity contribution is 0.0662. The van der Waals surface area contributed by atoms with E-state index in [1.807, 2.05) is 0 Å². The van der Waals surface area contributed by atoms with Crippen LogP contribution < -0.4 is 5.32 Å². The number of ether oxygens (including phenoxy) is 1. The molecule has 3 rings (SSSR count). The van der Waals surface area contributed by atoms with Crippen molar-refractivity contribution >= 4 is 16.3 Å². The number of aryl methyl sites for hydroxylation is 2. The van der Waals surface area contributed by atoms with Crippen molar-refractivity contribution in [3.05, 3.63) is 22.5 Å². The highest BCUT2D eigenvalue weighted by Crippen LogP contribution is 2.20. The second-order valence-electron chi connectivity index (χ2n) is 5.32. The molecule has 0 radical (unpaired) electrons. The molecule has 1 fully saturated rings. The summed E-state index contributed by atoms with van der Waals surface area (Å²) in [6, 6.07) is 0. The van der Waals surface area contributed by atoms with E-state index >= 15 is 0 Å². The molecule has 19 heavy (non-hydrogen) atoms. The van der Waals surface area contributed by atoms with E-state index in [9.17, 15) is 0 Å². The van der Waals surface area contributed by atoms with E-state index in [-0.39, 0.29) is 0 Å². The molecule has 1 aliphatic heterocycles. The Labute approximate surface area is 117 Å². The molecule has 0 spiro atoms. The number of rotatable bonds is 4. The average Bonchev–Trinajstić information content (AvgIpc) is 2.88. The molecule has 0 unspecified atom stereocenters. The number of aromatic nitrogens is 2. The van der Waals surface area contributed by atoms with Gasteiger partial charge in [-0.1, -0.05) is 0 Å². The molecule has 3 heterocycles. The highest BCUT2D eigenvalue weighted by molar-refractivity contribution is 7.17. The van der Waals surface area contributed by atoms with Crippen LogP contribution >= 0.6 is 11.3 Å². The average molecular weight is 279 g/mol. The topological polar surface area (TPSA) is 38.6 Å². The van der Waals surface area contributed by atoms with Crippen LogP contribution in [0.5, 0.6) is 0 Å². The number of hydrogen-bond acceptors (Lipinski definition) is 4. The van der Waals surface area contributed by atoms with Crippen molar-refractivity contribution in [1.82, 2.24) is 14.7 Å². The van der Waals surface area contributed by atoms with Gasteiger partial charge in [-0.05, 0) is 39.2 Å². The van der Waals surface area contributed by atoms with Crippen molar-refractivity contribution in [1.29, 1.82) is 0 Å². The van der Waals surface area contributed by atoms with Gasteiger partial charge >= 0.3 is 0 Å². The molecule has 1 aliphatic rings. The summed E-state index contributed by atoms with van der Waals surface area (Å²) in [6.45, 7) is 8.06. The van der Waals surface area contributed by atoms with Crippen molar-refractivity contribution < 1.29 is 4.74 Å². The summed E-state index contributed by atoms with van der Waals surface area (Å²) in [7, 11) is 0. The van der Waals surface area contributed by atoms with Gasteiger partial charge in [-0.3, -0.25) is 4.40 Å². The normalized spacial score (nSPS) is 17.4. The molecule has 0 aromatic carbocycles. The summed E-state index contributed by atoms with van der Waals surface area (Å²) in [5.41, 5.74) is 2.44. The number of fused-ring (bicyclic) bond motifs is 1. The Morgan fingerprint density at radius 2 is 2.21 bits per heavy atom.